The first kappa shape index (κ1) is 19.3. The minimum absolute atomic E-state index is 0.159. The summed E-state index contributed by atoms with van der Waals surface area (Å²) in [6.07, 6.45) is 0. The highest BCUT2D eigenvalue weighted by molar-refractivity contribution is 7.99. The van der Waals surface area contributed by atoms with Crippen LogP contribution in [0, 0.1) is 5.92 Å². The zero-order chi connectivity index (χ0) is 19.2. The van der Waals surface area contributed by atoms with Crippen molar-refractivity contribution in [3.05, 3.63) is 29.8 Å². The first-order chi connectivity index (χ1) is 13.0. The lowest BCUT2D eigenvalue weighted by atomic mass is 10.2. The van der Waals surface area contributed by atoms with E-state index in [9.17, 15) is 4.79 Å². The number of aromatic nitrogens is 5. The predicted molar refractivity (Wildman–Crippen MR) is 106 cm³/mol. The van der Waals surface area contributed by atoms with Crippen molar-refractivity contribution >= 4 is 34.1 Å². The molecule has 2 heterocycles. The van der Waals surface area contributed by atoms with E-state index >= 15 is 0 Å². The van der Waals surface area contributed by atoms with E-state index < -0.39 is 0 Å². The van der Waals surface area contributed by atoms with Crippen molar-refractivity contribution in [2.45, 2.75) is 19.0 Å². The lowest BCUT2D eigenvalue weighted by Gasteiger charge is -2.09. The average molecular weight is 405 g/mol. The normalized spacial score (nSPS) is 11.0. The fourth-order valence-electron chi connectivity index (χ4n) is 2.17. The third-order valence-electron chi connectivity index (χ3n) is 3.47. The predicted octanol–water partition coefficient (Wildman–Crippen LogP) is 3.10. The zero-order valence-corrected chi connectivity index (χ0v) is 16.9. The maximum Gasteiger partial charge on any atom is 0.236 e. The Balaban J connectivity index is 1.60. The highest BCUT2D eigenvalue weighted by Gasteiger charge is 2.13. The number of amides is 1. The lowest BCUT2D eigenvalue weighted by molar-refractivity contribution is -0.113. The van der Waals surface area contributed by atoms with Gasteiger partial charge in [0, 0.05) is 12.6 Å². The molecule has 142 valence electrons. The number of hydrogen-bond acceptors (Lipinski definition) is 8. The van der Waals surface area contributed by atoms with E-state index in [0.29, 0.717) is 22.8 Å². The molecule has 0 spiro atoms. The Hall–Kier alpha value is -2.46. The van der Waals surface area contributed by atoms with E-state index in [4.69, 9.17) is 4.74 Å². The highest BCUT2D eigenvalue weighted by atomic mass is 32.2. The van der Waals surface area contributed by atoms with Gasteiger partial charge < -0.3 is 9.30 Å². The van der Waals surface area contributed by atoms with Gasteiger partial charge in [0.2, 0.25) is 11.0 Å². The van der Waals surface area contributed by atoms with Gasteiger partial charge in [0.25, 0.3) is 0 Å². The number of carbonyl (C=O) groups excluding carboxylic acids is 1. The molecule has 0 unspecified atom stereocenters. The summed E-state index contributed by atoms with van der Waals surface area (Å²) in [7, 11) is 1.88. The van der Waals surface area contributed by atoms with Gasteiger partial charge in [-0.25, -0.2) is 0 Å². The number of benzene rings is 1. The maximum atomic E-state index is 12.0. The molecule has 0 fully saturated rings. The van der Waals surface area contributed by atoms with Crippen molar-refractivity contribution < 1.29 is 9.53 Å². The molecule has 27 heavy (non-hydrogen) atoms. The van der Waals surface area contributed by atoms with Crippen molar-refractivity contribution in [1.29, 1.82) is 0 Å². The summed E-state index contributed by atoms with van der Waals surface area (Å²) in [5.41, 5.74) is 2.50. The molecular formula is C17H20N6O2S2. The quantitative estimate of drug-likeness (QED) is 0.576. The molecule has 0 bridgehead atoms. The van der Waals surface area contributed by atoms with E-state index in [-0.39, 0.29) is 11.7 Å². The first-order valence-corrected chi connectivity index (χ1v) is 10.2. The second-order valence-corrected chi connectivity index (χ2v) is 7.95. The number of nitrogens with zero attached hydrogens (tertiary/aromatic N) is 5. The number of carbonyl (C=O) groups is 1. The third-order valence-corrected chi connectivity index (χ3v) is 5.10. The van der Waals surface area contributed by atoms with Crippen molar-refractivity contribution in [1.82, 2.24) is 25.0 Å². The molecule has 0 atom stereocenters. The SMILES string of the molecule is CC(C)COc1ccc(-c2nnc(SCC(=O)Nc3nncs3)n2C)cc1. The van der Waals surface area contributed by atoms with Crippen molar-refractivity contribution in [3.63, 3.8) is 0 Å². The molecule has 10 heteroatoms. The molecule has 0 radical (unpaired) electrons. The molecule has 2 aromatic heterocycles. The van der Waals surface area contributed by atoms with Gasteiger partial charge in [-0.15, -0.1) is 20.4 Å². The molecule has 0 saturated heterocycles. The van der Waals surface area contributed by atoms with Crippen LogP contribution in [-0.4, -0.2) is 43.2 Å². The molecule has 1 N–H and O–H groups in total. The first-order valence-electron chi connectivity index (χ1n) is 8.34. The zero-order valence-electron chi connectivity index (χ0n) is 15.2. The number of nitrogens with one attached hydrogen (secondary N) is 1. The van der Waals surface area contributed by atoms with Crippen molar-refractivity contribution in [2.24, 2.45) is 13.0 Å². The Labute approximate surface area is 165 Å². The summed E-state index contributed by atoms with van der Waals surface area (Å²) in [6.45, 7) is 4.91. The minimum atomic E-state index is -0.159. The summed E-state index contributed by atoms with van der Waals surface area (Å²) in [5.74, 6) is 2.10. The van der Waals surface area contributed by atoms with E-state index in [1.54, 1.807) is 5.51 Å². The smallest absolute Gasteiger partial charge is 0.236 e. The number of thioether (sulfide) groups is 1. The van der Waals surface area contributed by atoms with Gasteiger partial charge in [0.05, 0.1) is 12.4 Å². The van der Waals surface area contributed by atoms with Crippen LogP contribution >= 0.6 is 23.1 Å². The van der Waals surface area contributed by atoms with E-state index in [2.05, 4.69) is 39.6 Å². The lowest BCUT2D eigenvalue weighted by Crippen LogP contribution is -2.14. The fourth-order valence-corrected chi connectivity index (χ4v) is 3.34. The highest BCUT2D eigenvalue weighted by Crippen LogP contribution is 2.25. The summed E-state index contributed by atoms with van der Waals surface area (Å²) < 4.78 is 7.57. The topological polar surface area (TPSA) is 94.8 Å². The largest absolute Gasteiger partial charge is 0.493 e. The monoisotopic (exact) mass is 404 g/mol. The van der Waals surface area contributed by atoms with E-state index in [1.807, 2.05) is 35.9 Å². The van der Waals surface area contributed by atoms with Crippen LogP contribution in [0.25, 0.3) is 11.4 Å². The standard InChI is InChI=1S/C17H20N6O2S2/c1-11(2)8-25-13-6-4-12(5-7-13)15-20-22-17(23(15)3)26-9-14(24)19-16-21-18-10-27-16/h4-7,10-11H,8-9H2,1-3H3,(H,19,21,24). The number of hydrogen-bond donors (Lipinski definition) is 1. The van der Waals surface area contributed by atoms with Gasteiger partial charge in [-0.05, 0) is 30.2 Å². The summed E-state index contributed by atoms with van der Waals surface area (Å²) >= 11 is 2.59. The molecule has 8 nitrogen and oxygen atoms in total. The van der Waals surface area contributed by atoms with Gasteiger partial charge >= 0.3 is 0 Å². The Morgan fingerprint density at radius 2 is 2.04 bits per heavy atom. The average Bonchev–Trinajstić information content (AvgIpc) is 3.28. The molecular weight excluding hydrogens is 384 g/mol. The number of anilines is 1. The second kappa shape index (κ2) is 8.96. The minimum Gasteiger partial charge on any atom is -0.493 e. The molecule has 3 aromatic rings. The molecule has 3 rings (SSSR count). The Bertz CT molecular complexity index is 877. The molecule has 1 aromatic carbocycles. The van der Waals surface area contributed by atoms with Gasteiger partial charge in [0.15, 0.2) is 11.0 Å². The number of rotatable bonds is 8. The molecule has 1 amide bonds. The van der Waals surface area contributed by atoms with Crippen LogP contribution in [-0.2, 0) is 11.8 Å². The van der Waals surface area contributed by atoms with Crippen LogP contribution in [0.3, 0.4) is 0 Å². The molecule has 0 aliphatic heterocycles. The van der Waals surface area contributed by atoms with Crippen LogP contribution in [0.2, 0.25) is 0 Å². The fraction of sp³-hybridized carbons (Fsp3) is 0.353. The van der Waals surface area contributed by atoms with Crippen molar-refractivity contribution in [2.75, 3.05) is 17.7 Å². The van der Waals surface area contributed by atoms with E-state index in [0.717, 1.165) is 17.1 Å². The molecule has 0 saturated carbocycles. The van der Waals surface area contributed by atoms with Crippen LogP contribution < -0.4 is 10.1 Å². The van der Waals surface area contributed by atoms with Gasteiger partial charge in [-0.3, -0.25) is 10.1 Å². The Morgan fingerprint density at radius 1 is 1.26 bits per heavy atom. The third kappa shape index (κ3) is 5.27. The molecule has 0 aliphatic carbocycles. The summed E-state index contributed by atoms with van der Waals surface area (Å²) in [6, 6.07) is 7.76. The van der Waals surface area contributed by atoms with Gasteiger partial charge in [-0.2, -0.15) is 0 Å². The van der Waals surface area contributed by atoms with Crippen LogP contribution in [0.5, 0.6) is 5.75 Å². The van der Waals surface area contributed by atoms with Crippen LogP contribution in [0.15, 0.2) is 34.9 Å². The van der Waals surface area contributed by atoms with Crippen LogP contribution in [0.4, 0.5) is 5.13 Å². The Kier molecular flexibility index (Phi) is 6.40. The summed E-state index contributed by atoms with van der Waals surface area (Å²) in [5, 5.41) is 19.7. The van der Waals surface area contributed by atoms with Gasteiger partial charge in [-0.1, -0.05) is 36.9 Å². The second-order valence-electron chi connectivity index (χ2n) is 6.18. The Morgan fingerprint density at radius 3 is 2.70 bits per heavy atom. The maximum absolute atomic E-state index is 12.0. The summed E-state index contributed by atoms with van der Waals surface area (Å²) in [4.78, 5) is 12.0. The number of ether oxygens (including phenoxy) is 1. The van der Waals surface area contributed by atoms with Gasteiger partial charge in [0.1, 0.15) is 11.3 Å². The van der Waals surface area contributed by atoms with E-state index in [1.165, 1.54) is 23.1 Å². The van der Waals surface area contributed by atoms with Crippen molar-refractivity contribution in [3.8, 4) is 17.1 Å². The molecule has 0 aliphatic rings. The van der Waals surface area contributed by atoms with Crippen LogP contribution in [0.1, 0.15) is 13.8 Å².